The van der Waals surface area contributed by atoms with Crippen molar-refractivity contribution < 1.29 is 4.79 Å². The van der Waals surface area contributed by atoms with E-state index in [0.717, 1.165) is 15.7 Å². The monoisotopic (exact) mass is 379 g/mol. The number of amides is 1. The largest absolute Gasteiger partial charge is 0.322 e. The van der Waals surface area contributed by atoms with Gasteiger partial charge in [0.05, 0.1) is 5.56 Å². The number of halogens is 1. The molecule has 0 heterocycles. The van der Waals surface area contributed by atoms with Crippen LogP contribution in [0.2, 0.25) is 0 Å². The van der Waals surface area contributed by atoms with Crippen molar-refractivity contribution in [2.75, 3.05) is 5.32 Å². The van der Waals surface area contributed by atoms with E-state index >= 15 is 0 Å². The Morgan fingerprint density at radius 1 is 1.15 bits per heavy atom. The Kier molecular flexibility index (Phi) is 5.17. The van der Waals surface area contributed by atoms with Gasteiger partial charge in [-0.05, 0) is 58.7 Å². The van der Waals surface area contributed by atoms with Crippen molar-refractivity contribution in [2.24, 2.45) is 0 Å². The van der Waals surface area contributed by atoms with Crippen LogP contribution in [-0.4, -0.2) is 5.91 Å². The molecule has 1 amide bonds. The van der Waals surface area contributed by atoms with Gasteiger partial charge in [0.1, 0.15) is 0 Å². The van der Waals surface area contributed by atoms with Crippen LogP contribution in [0, 0.1) is 3.57 Å². The molecule has 104 valence electrons. The van der Waals surface area contributed by atoms with Gasteiger partial charge in [0.2, 0.25) is 0 Å². The SMILES string of the molecule is CC[C@@H](C)c1ccccc1NC(=O)c1ccccc1I. The molecule has 0 saturated heterocycles. The molecule has 1 N–H and O–H groups in total. The van der Waals surface area contributed by atoms with Gasteiger partial charge in [-0.2, -0.15) is 0 Å². The molecule has 0 aliphatic heterocycles. The zero-order valence-electron chi connectivity index (χ0n) is 11.7. The molecular weight excluding hydrogens is 361 g/mol. The molecule has 3 heteroatoms. The average Bonchev–Trinajstić information content (AvgIpc) is 2.47. The molecule has 0 bridgehead atoms. The first kappa shape index (κ1) is 15.0. The molecule has 0 aromatic heterocycles. The second-order valence-electron chi connectivity index (χ2n) is 4.83. The van der Waals surface area contributed by atoms with Crippen LogP contribution in [-0.2, 0) is 0 Å². The highest BCUT2D eigenvalue weighted by Gasteiger charge is 2.13. The van der Waals surface area contributed by atoms with Crippen LogP contribution in [0.1, 0.15) is 42.1 Å². The molecule has 0 aliphatic carbocycles. The Bertz CT molecular complexity index is 609. The minimum atomic E-state index is -0.0502. The number of para-hydroxylation sites is 1. The first-order chi connectivity index (χ1) is 9.63. The smallest absolute Gasteiger partial charge is 0.256 e. The predicted octanol–water partition coefficient (Wildman–Crippen LogP) is 5.06. The molecular formula is C17H18INO. The summed E-state index contributed by atoms with van der Waals surface area (Å²) >= 11 is 2.19. The topological polar surface area (TPSA) is 29.1 Å². The fraction of sp³-hybridized carbons (Fsp3) is 0.235. The van der Waals surface area contributed by atoms with Crippen molar-refractivity contribution in [1.82, 2.24) is 0 Å². The summed E-state index contributed by atoms with van der Waals surface area (Å²) in [5, 5.41) is 3.04. The van der Waals surface area contributed by atoms with Gasteiger partial charge in [-0.25, -0.2) is 0 Å². The quantitative estimate of drug-likeness (QED) is 0.740. The lowest BCUT2D eigenvalue weighted by Gasteiger charge is -2.16. The van der Waals surface area contributed by atoms with Gasteiger partial charge in [-0.15, -0.1) is 0 Å². The highest BCUT2D eigenvalue weighted by Crippen LogP contribution is 2.27. The first-order valence-corrected chi connectivity index (χ1v) is 7.86. The lowest BCUT2D eigenvalue weighted by Crippen LogP contribution is -2.15. The number of hydrogen-bond acceptors (Lipinski definition) is 1. The second kappa shape index (κ2) is 6.88. The van der Waals surface area contributed by atoms with Crippen molar-refractivity contribution in [3.05, 3.63) is 63.2 Å². The Labute approximate surface area is 133 Å². The zero-order valence-corrected chi connectivity index (χ0v) is 13.8. The number of rotatable bonds is 4. The van der Waals surface area contributed by atoms with Crippen LogP contribution < -0.4 is 5.32 Å². The highest BCUT2D eigenvalue weighted by atomic mass is 127. The van der Waals surface area contributed by atoms with E-state index in [2.05, 4.69) is 47.8 Å². The van der Waals surface area contributed by atoms with Gasteiger partial charge in [-0.3, -0.25) is 4.79 Å². The molecule has 0 unspecified atom stereocenters. The summed E-state index contributed by atoms with van der Waals surface area (Å²) in [7, 11) is 0. The minimum Gasteiger partial charge on any atom is -0.322 e. The van der Waals surface area contributed by atoms with Crippen molar-refractivity contribution >= 4 is 34.2 Å². The molecule has 2 rings (SSSR count). The maximum absolute atomic E-state index is 12.4. The lowest BCUT2D eigenvalue weighted by molar-refractivity contribution is 0.102. The summed E-state index contributed by atoms with van der Waals surface area (Å²) in [6, 6.07) is 15.6. The summed E-state index contributed by atoms with van der Waals surface area (Å²) < 4.78 is 0.962. The number of carbonyl (C=O) groups is 1. The third-order valence-corrected chi connectivity index (χ3v) is 4.41. The molecule has 0 fully saturated rings. The van der Waals surface area contributed by atoms with E-state index in [1.165, 1.54) is 5.56 Å². The third-order valence-electron chi connectivity index (χ3n) is 3.47. The Morgan fingerprint density at radius 3 is 2.50 bits per heavy atom. The molecule has 1 atom stereocenters. The van der Waals surface area contributed by atoms with Crippen molar-refractivity contribution in [3.63, 3.8) is 0 Å². The fourth-order valence-electron chi connectivity index (χ4n) is 2.10. The van der Waals surface area contributed by atoms with Crippen LogP contribution >= 0.6 is 22.6 Å². The third kappa shape index (κ3) is 3.39. The van der Waals surface area contributed by atoms with Gasteiger partial charge in [0.25, 0.3) is 5.91 Å². The van der Waals surface area contributed by atoms with E-state index in [0.29, 0.717) is 11.5 Å². The normalized spacial score (nSPS) is 11.9. The van der Waals surface area contributed by atoms with E-state index in [-0.39, 0.29) is 5.91 Å². The summed E-state index contributed by atoms with van der Waals surface area (Å²) in [6.07, 6.45) is 1.05. The van der Waals surface area contributed by atoms with E-state index in [1.54, 1.807) is 0 Å². The molecule has 0 aliphatic rings. The van der Waals surface area contributed by atoms with Gasteiger partial charge in [0.15, 0.2) is 0 Å². The molecule has 2 nitrogen and oxygen atoms in total. The van der Waals surface area contributed by atoms with Crippen LogP contribution in [0.15, 0.2) is 48.5 Å². The van der Waals surface area contributed by atoms with E-state index < -0.39 is 0 Å². The summed E-state index contributed by atoms with van der Waals surface area (Å²) in [6.45, 7) is 4.33. The standard InChI is InChI=1S/C17H18INO/c1-3-12(2)13-8-5-7-11-16(13)19-17(20)14-9-4-6-10-15(14)18/h4-12H,3H2,1-2H3,(H,19,20)/t12-/m1/s1. The zero-order chi connectivity index (χ0) is 14.5. The minimum absolute atomic E-state index is 0.0502. The summed E-state index contributed by atoms with van der Waals surface area (Å²) in [5.41, 5.74) is 2.81. The Balaban J connectivity index is 2.27. The molecule has 0 spiro atoms. The molecule has 2 aromatic rings. The van der Waals surface area contributed by atoms with Crippen molar-refractivity contribution in [2.45, 2.75) is 26.2 Å². The maximum Gasteiger partial charge on any atom is 0.256 e. The second-order valence-corrected chi connectivity index (χ2v) is 5.99. The number of benzene rings is 2. The number of carbonyl (C=O) groups excluding carboxylic acids is 1. The molecule has 0 saturated carbocycles. The van der Waals surface area contributed by atoms with Gasteiger partial charge in [0, 0.05) is 9.26 Å². The molecule has 2 aromatic carbocycles. The van der Waals surface area contributed by atoms with Gasteiger partial charge >= 0.3 is 0 Å². The summed E-state index contributed by atoms with van der Waals surface area (Å²) in [5.74, 6) is 0.382. The molecule has 0 radical (unpaired) electrons. The van der Waals surface area contributed by atoms with Crippen LogP contribution in [0.4, 0.5) is 5.69 Å². The van der Waals surface area contributed by atoms with Crippen LogP contribution in [0.25, 0.3) is 0 Å². The fourth-order valence-corrected chi connectivity index (χ4v) is 2.73. The van der Waals surface area contributed by atoms with Gasteiger partial charge in [-0.1, -0.05) is 44.2 Å². The van der Waals surface area contributed by atoms with Gasteiger partial charge < -0.3 is 5.32 Å². The number of hydrogen-bond donors (Lipinski definition) is 1. The molecule has 20 heavy (non-hydrogen) atoms. The Morgan fingerprint density at radius 2 is 1.80 bits per heavy atom. The average molecular weight is 379 g/mol. The first-order valence-electron chi connectivity index (χ1n) is 6.78. The number of anilines is 1. The number of nitrogens with one attached hydrogen (secondary N) is 1. The highest BCUT2D eigenvalue weighted by molar-refractivity contribution is 14.1. The van der Waals surface area contributed by atoms with E-state index in [9.17, 15) is 4.79 Å². The maximum atomic E-state index is 12.4. The van der Waals surface area contributed by atoms with Crippen molar-refractivity contribution in [3.8, 4) is 0 Å². The predicted molar refractivity (Wildman–Crippen MR) is 92.3 cm³/mol. The Hall–Kier alpha value is -1.36. The van der Waals surface area contributed by atoms with Crippen LogP contribution in [0.5, 0.6) is 0 Å². The lowest BCUT2D eigenvalue weighted by atomic mass is 9.97. The van der Waals surface area contributed by atoms with E-state index in [1.807, 2.05) is 42.5 Å². The van der Waals surface area contributed by atoms with E-state index in [4.69, 9.17) is 0 Å². The van der Waals surface area contributed by atoms with Crippen molar-refractivity contribution in [1.29, 1.82) is 0 Å². The summed E-state index contributed by atoms with van der Waals surface area (Å²) in [4.78, 5) is 12.4. The van der Waals surface area contributed by atoms with Crippen LogP contribution in [0.3, 0.4) is 0 Å².